The summed E-state index contributed by atoms with van der Waals surface area (Å²) in [6, 6.07) is 9.39. The summed E-state index contributed by atoms with van der Waals surface area (Å²) < 4.78 is 0. The van der Waals surface area contributed by atoms with Crippen molar-refractivity contribution in [1.29, 1.82) is 0 Å². The van der Waals surface area contributed by atoms with Gasteiger partial charge in [0.25, 0.3) is 5.91 Å². The maximum Gasteiger partial charge on any atom is 0.322 e. The van der Waals surface area contributed by atoms with Crippen LogP contribution in [0.3, 0.4) is 0 Å². The van der Waals surface area contributed by atoms with Crippen LogP contribution in [0.4, 0.5) is 15.6 Å². The number of amides is 3. The molecule has 0 saturated carbocycles. The second-order valence-electron chi connectivity index (χ2n) is 6.32. The van der Waals surface area contributed by atoms with Gasteiger partial charge >= 0.3 is 6.03 Å². The van der Waals surface area contributed by atoms with Gasteiger partial charge < -0.3 is 10.2 Å². The predicted octanol–water partition coefficient (Wildman–Crippen LogP) is 4.36. The van der Waals surface area contributed by atoms with Gasteiger partial charge in [-0.2, -0.15) is 11.3 Å². The normalized spacial score (nSPS) is 13.1. The highest BCUT2D eigenvalue weighted by molar-refractivity contribution is 7.16. The van der Waals surface area contributed by atoms with Gasteiger partial charge in [0.05, 0.1) is 17.8 Å². The van der Waals surface area contributed by atoms with Crippen LogP contribution in [0.1, 0.15) is 26.5 Å². The minimum atomic E-state index is -0.156. The summed E-state index contributed by atoms with van der Waals surface area (Å²) in [4.78, 5) is 32.0. The van der Waals surface area contributed by atoms with Gasteiger partial charge in [0.15, 0.2) is 5.13 Å². The number of anilines is 2. The van der Waals surface area contributed by atoms with Crippen LogP contribution >= 0.6 is 22.7 Å². The molecule has 0 atom stereocenters. The number of hydrogen-bond acceptors (Lipinski definition) is 5. The van der Waals surface area contributed by atoms with E-state index < -0.39 is 0 Å². The predicted molar refractivity (Wildman–Crippen MR) is 109 cm³/mol. The number of aromatic nitrogens is 1. The summed E-state index contributed by atoms with van der Waals surface area (Å²) in [6.07, 6.45) is 0.682. The van der Waals surface area contributed by atoms with E-state index in [4.69, 9.17) is 0 Å². The van der Waals surface area contributed by atoms with Crippen LogP contribution in [-0.2, 0) is 13.0 Å². The minimum absolute atomic E-state index is 0.123. The molecule has 0 radical (unpaired) electrons. The van der Waals surface area contributed by atoms with Crippen molar-refractivity contribution in [2.75, 3.05) is 17.2 Å². The molecule has 0 bridgehead atoms. The molecule has 0 saturated heterocycles. The first-order valence-corrected chi connectivity index (χ1v) is 10.3. The maximum absolute atomic E-state index is 12.5. The molecular weight excluding hydrogens is 380 g/mol. The Kier molecular flexibility index (Phi) is 4.91. The summed E-state index contributed by atoms with van der Waals surface area (Å²) >= 11 is 2.91. The molecule has 2 N–H and O–H groups in total. The summed E-state index contributed by atoms with van der Waals surface area (Å²) in [5.41, 5.74) is 3.52. The first kappa shape index (κ1) is 17.7. The summed E-state index contributed by atoms with van der Waals surface area (Å²) in [5.74, 6) is -0.156. The van der Waals surface area contributed by atoms with E-state index >= 15 is 0 Å². The zero-order valence-corrected chi connectivity index (χ0v) is 16.3. The number of nitrogens with zero attached hydrogens (tertiary/aromatic N) is 2. The fourth-order valence-electron chi connectivity index (χ4n) is 2.82. The van der Waals surface area contributed by atoms with Crippen LogP contribution in [0.2, 0.25) is 0 Å². The second-order valence-corrected chi connectivity index (χ2v) is 8.19. The number of carbonyl (C=O) groups is 2. The number of urea groups is 1. The number of hydrogen-bond donors (Lipinski definition) is 2. The number of aryl methyl sites for hydroxylation is 1. The van der Waals surface area contributed by atoms with Crippen molar-refractivity contribution < 1.29 is 9.59 Å². The first-order chi connectivity index (χ1) is 13.1. The molecule has 8 heteroatoms. The molecule has 0 unspecified atom stereocenters. The van der Waals surface area contributed by atoms with Gasteiger partial charge in [-0.05, 0) is 30.5 Å². The quantitative estimate of drug-likeness (QED) is 0.689. The lowest BCUT2D eigenvalue weighted by Crippen LogP contribution is -2.38. The van der Waals surface area contributed by atoms with Crippen LogP contribution in [0.15, 0.2) is 41.1 Å². The average molecular weight is 399 g/mol. The maximum atomic E-state index is 12.5. The molecule has 4 rings (SSSR count). The molecule has 3 heterocycles. The number of fused-ring (bicyclic) bond motifs is 1. The molecule has 1 aliphatic rings. The Balaban J connectivity index is 1.40. The highest BCUT2D eigenvalue weighted by atomic mass is 32.1. The molecule has 0 aliphatic carbocycles. The van der Waals surface area contributed by atoms with E-state index in [1.807, 2.05) is 36.6 Å². The topological polar surface area (TPSA) is 74.3 Å². The standard InChI is InChI=1S/C19H18N4O2S2/c1-12-2-4-14(5-3-12)20-19(25)23-8-6-15-16(10-23)27-18(21-15)22-17(24)13-7-9-26-11-13/h2-5,7,9,11H,6,8,10H2,1H3,(H,20,25)(H,21,22,24). The molecule has 6 nitrogen and oxygen atoms in total. The van der Waals surface area contributed by atoms with Crippen molar-refractivity contribution in [2.24, 2.45) is 0 Å². The third-order valence-corrected chi connectivity index (χ3v) is 6.01. The van der Waals surface area contributed by atoms with Crippen LogP contribution in [0.25, 0.3) is 0 Å². The number of benzene rings is 1. The third kappa shape index (κ3) is 4.01. The van der Waals surface area contributed by atoms with E-state index in [0.29, 0.717) is 30.2 Å². The van der Waals surface area contributed by atoms with E-state index in [0.717, 1.165) is 21.8 Å². The van der Waals surface area contributed by atoms with Crippen LogP contribution < -0.4 is 10.6 Å². The number of nitrogens with one attached hydrogen (secondary N) is 2. The van der Waals surface area contributed by atoms with Gasteiger partial charge in [-0.25, -0.2) is 9.78 Å². The highest BCUT2D eigenvalue weighted by Gasteiger charge is 2.24. The van der Waals surface area contributed by atoms with Crippen LogP contribution in [0, 0.1) is 6.92 Å². The van der Waals surface area contributed by atoms with Crippen molar-refractivity contribution >= 4 is 45.4 Å². The van der Waals surface area contributed by atoms with E-state index in [2.05, 4.69) is 15.6 Å². The third-order valence-electron chi connectivity index (χ3n) is 4.33. The molecule has 0 fully saturated rings. The summed E-state index contributed by atoms with van der Waals surface area (Å²) in [6.45, 7) is 3.11. The van der Waals surface area contributed by atoms with Gasteiger partial charge in [0, 0.05) is 28.9 Å². The van der Waals surface area contributed by atoms with Crippen molar-refractivity contribution in [3.05, 3.63) is 62.8 Å². The second kappa shape index (κ2) is 7.50. The largest absolute Gasteiger partial charge is 0.322 e. The molecule has 1 aromatic carbocycles. The lowest BCUT2D eigenvalue weighted by molar-refractivity contribution is 0.102. The SMILES string of the molecule is Cc1ccc(NC(=O)N2CCc3nc(NC(=O)c4ccsc4)sc3C2)cc1. The van der Waals surface area contributed by atoms with E-state index in [1.54, 1.807) is 16.3 Å². The van der Waals surface area contributed by atoms with Gasteiger partial charge in [-0.15, -0.1) is 0 Å². The fraction of sp³-hybridized carbons (Fsp3) is 0.211. The average Bonchev–Trinajstić information content (AvgIpc) is 3.32. The zero-order chi connectivity index (χ0) is 18.8. The van der Waals surface area contributed by atoms with E-state index in [-0.39, 0.29) is 11.9 Å². The molecule has 0 spiro atoms. The molecular formula is C19H18N4O2S2. The molecule has 3 amide bonds. The Hall–Kier alpha value is -2.71. The highest BCUT2D eigenvalue weighted by Crippen LogP contribution is 2.29. The molecule has 138 valence electrons. The van der Waals surface area contributed by atoms with Crippen molar-refractivity contribution in [3.63, 3.8) is 0 Å². The first-order valence-electron chi connectivity index (χ1n) is 8.53. The number of thiophene rings is 1. The number of carbonyl (C=O) groups excluding carboxylic acids is 2. The summed E-state index contributed by atoms with van der Waals surface area (Å²) in [7, 11) is 0. The molecule has 27 heavy (non-hydrogen) atoms. The van der Waals surface area contributed by atoms with Crippen molar-refractivity contribution in [3.8, 4) is 0 Å². The van der Waals surface area contributed by atoms with Gasteiger partial charge in [0.1, 0.15) is 0 Å². The van der Waals surface area contributed by atoms with Crippen molar-refractivity contribution in [1.82, 2.24) is 9.88 Å². The summed E-state index contributed by atoms with van der Waals surface area (Å²) in [5, 5.41) is 10.0. The molecule has 1 aliphatic heterocycles. The van der Waals surface area contributed by atoms with Gasteiger partial charge in [-0.1, -0.05) is 29.0 Å². The van der Waals surface area contributed by atoms with Crippen LogP contribution in [0.5, 0.6) is 0 Å². The van der Waals surface area contributed by atoms with Gasteiger partial charge in [-0.3, -0.25) is 10.1 Å². The van der Waals surface area contributed by atoms with Crippen LogP contribution in [-0.4, -0.2) is 28.4 Å². The lowest BCUT2D eigenvalue weighted by Gasteiger charge is -2.26. The molecule has 2 aromatic heterocycles. The van der Waals surface area contributed by atoms with E-state index in [1.165, 1.54) is 22.7 Å². The monoisotopic (exact) mass is 398 g/mol. The van der Waals surface area contributed by atoms with Crippen molar-refractivity contribution in [2.45, 2.75) is 19.9 Å². The lowest BCUT2D eigenvalue weighted by atomic mass is 10.2. The fourth-order valence-corrected chi connectivity index (χ4v) is 4.48. The van der Waals surface area contributed by atoms with Gasteiger partial charge in [0.2, 0.25) is 0 Å². The smallest absolute Gasteiger partial charge is 0.319 e. The Morgan fingerprint density at radius 3 is 2.70 bits per heavy atom. The Labute approximate surface area is 164 Å². The number of thiazole rings is 1. The Morgan fingerprint density at radius 1 is 1.15 bits per heavy atom. The Morgan fingerprint density at radius 2 is 1.96 bits per heavy atom. The van der Waals surface area contributed by atoms with E-state index in [9.17, 15) is 9.59 Å². The zero-order valence-electron chi connectivity index (χ0n) is 14.7. The Bertz CT molecular complexity index is 964. The minimum Gasteiger partial charge on any atom is -0.319 e. The number of rotatable bonds is 3. The molecule has 3 aromatic rings.